The van der Waals surface area contributed by atoms with E-state index in [1.54, 1.807) is 41.3 Å². The molecule has 9 heteroatoms. The molecule has 1 aliphatic heterocycles. The molecule has 2 aromatic rings. The predicted octanol–water partition coefficient (Wildman–Crippen LogP) is 3.74. The highest BCUT2D eigenvalue weighted by Crippen LogP contribution is 2.31. The van der Waals surface area contributed by atoms with Gasteiger partial charge in [-0.3, -0.25) is 4.79 Å². The van der Waals surface area contributed by atoms with Crippen molar-refractivity contribution in [2.45, 2.75) is 44.4 Å². The van der Waals surface area contributed by atoms with Gasteiger partial charge in [0.05, 0.1) is 30.2 Å². The normalized spacial score (nSPS) is 13.3. The molecule has 3 rings (SSSR count). The summed E-state index contributed by atoms with van der Waals surface area (Å²) in [5.74, 6) is 0.987. The highest BCUT2D eigenvalue weighted by atomic mass is 32.2. The van der Waals surface area contributed by atoms with Gasteiger partial charge in [-0.25, -0.2) is 8.42 Å². The van der Waals surface area contributed by atoms with Gasteiger partial charge in [-0.2, -0.15) is 9.57 Å². The van der Waals surface area contributed by atoms with Crippen LogP contribution in [0.25, 0.3) is 0 Å². The molecule has 0 radical (unpaired) electrons. The van der Waals surface area contributed by atoms with Crippen molar-refractivity contribution in [1.29, 1.82) is 5.26 Å². The number of nitrogens with zero attached hydrogens (tertiary/aromatic N) is 3. The second-order valence-corrected chi connectivity index (χ2v) is 9.90. The molecule has 1 amide bonds. The Hall–Kier alpha value is -3.09. The molecule has 1 heterocycles. The van der Waals surface area contributed by atoms with E-state index in [-0.39, 0.29) is 10.8 Å². The summed E-state index contributed by atoms with van der Waals surface area (Å²) in [7, 11) is -2.03. The molecular weight excluding hydrogens is 454 g/mol. The first kappa shape index (κ1) is 25.5. The van der Waals surface area contributed by atoms with Crippen LogP contribution in [0.5, 0.6) is 11.5 Å². The lowest BCUT2D eigenvalue weighted by molar-refractivity contribution is -0.118. The van der Waals surface area contributed by atoms with E-state index in [0.29, 0.717) is 56.1 Å². The molecular formula is C25H31N3O5S. The van der Waals surface area contributed by atoms with Gasteiger partial charge in [0.2, 0.25) is 15.9 Å². The fourth-order valence-corrected chi connectivity index (χ4v) is 5.61. The number of methoxy groups -OCH3 is 1. The van der Waals surface area contributed by atoms with E-state index in [1.165, 1.54) is 11.4 Å². The van der Waals surface area contributed by atoms with Crippen LogP contribution in [-0.4, -0.2) is 52.0 Å². The van der Waals surface area contributed by atoms with Crippen LogP contribution in [0.3, 0.4) is 0 Å². The van der Waals surface area contributed by atoms with E-state index < -0.39 is 10.0 Å². The summed E-state index contributed by atoms with van der Waals surface area (Å²) in [6.45, 7) is 5.41. The van der Waals surface area contributed by atoms with Crippen LogP contribution in [0.1, 0.15) is 44.2 Å². The molecule has 0 N–H and O–H groups in total. The zero-order valence-electron chi connectivity index (χ0n) is 19.9. The number of ether oxygens (including phenoxy) is 2. The second kappa shape index (κ2) is 11.4. The number of hydrogen-bond donors (Lipinski definition) is 0. The van der Waals surface area contributed by atoms with Gasteiger partial charge < -0.3 is 14.4 Å². The highest BCUT2D eigenvalue weighted by molar-refractivity contribution is 7.89. The molecule has 182 valence electrons. The Balaban J connectivity index is 1.64. The van der Waals surface area contributed by atoms with E-state index in [9.17, 15) is 13.2 Å². The lowest BCUT2D eigenvalue weighted by Gasteiger charge is -2.30. The van der Waals surface area contributed by atoms with Crippen molar-refractivity contribution in [2.75, 3.05) is 38.3 Å². The van der Waals surface area contributed by atoms with Gasteiger partial charge in [-0.1, -0.05) is 13.8 Å². The maximum Gasteiger partial charge on any atom is 0.243 e. The van der Waals surface area contributed by atoms with Crippen LogP contribution < -0.4 is 14.4 Å². The Morgan fingerprint density at radius 2 is 1.91 bits per heavy atom. The zero-order valence-corrected chi connectivity index (χ0v) is 20.7. The molecule has 2 aromatic carbocycles. The van der Waals surface area contributed by atoms with Gasteiger partial charge in [0.1, 0.15) is 0 Å². The topological polar surface area (TPSA) is 99.9 Å². The Labute approximate surface area is 201 Å². The van der Waals surface area contributed by atoms with E-state index in [0.717, 1.165) is 24.1 Å². The number of hydrogen-bond acceptors (Lipinski definition) is 6. The zero-order chi connectivity index (χ0) is 24.7. The highest BCUT2D eigenvalue weighted by Gasteiger charge is 2.26. The Morgan fingerprint density at radius 1 is 1.15 bits per heavy atom. The second-order valence-electron chi connectivity index (χ2n) is 7.96. The number of benzene rings is 2. The quantitative estimate of drug-likeness (QED) is 0.476. The molecule has 0 aromatic heterocycles. The molecule has 0 saturated heterocycles. The Kier molecular flexibility index (Phi) is 8.53. The average Bonchev–Trinajstić information content (AvgIpc) is 2.86. The minimum absolute atomic E-state index is 0.0179. The lowest BCUT2D eigenvalue weighted by atomic mass is 10.0. The number of fused-ring (bicyclic) bond motifs is 1. The van der Waals surface area contributed by atoms with E-state index in [2.05, 4.69) is 6.07 Å². The maximum atomic E-state index is 12.9. The molecule has 34 heavy (non-hydrogen) atoms. The molecule has 0 atom stereocenters. The molecule has 0 saturated carbocycles. The van der Waals surface area contributed by atoms with Gasteiger partial charge in [0, 0.05) is 37.8 Å². The van der Waals surface area contributed by atoms with E-state index in [4.69, 9.17) is 14.7 Å². The summed E-state index contributed by atoms with van der Waals surface area (Å²) in [4.78, 5) is 15.0. The van der Waals surface area contributed by atoms with Crippen LogP contribution >= 0.6 is 0 Å². The molecule has 8 nitrogen and oxygen atoms in total. The third-order valence-electron chi connectivity index (χ3n) is 5.90. The lowest BCUT2D eigenvalue weighted by Crippen LogP contribution is -2.36. The van der Waals surface area contributed by atoms with Crippen LogP contribution in [0.2, 0.25) is 0 Å². The smallest absolute Gasteiger partial charge is 0.243 e. The summed E-state index contributed by atoms with van der Waals surface area (Å²) in [6, 6.07) is 12.1. The Bertz CT molecular complexity index is 1170. The number of rotatable bonds is 10. The standard InChI is InChI=1S/C25H31N3O5S/c1-4-27(5-2)34(30,31)21-11-12-22-20(17-21)8-6-14-28(22)25(29)9-7-15-33-23-13-10-19(18-26)16-24(23)32-3/h10-13,16-17H,4-9,14-15H2,1-3H3. The number of carbonyl (C=O) groups excluding carboxylic acids is 1. The van der Waals surface area contributed by atoms with Crippen molar-refractivity contribution in [3.63, 3.8) is 0 Å². The summed E-state index contributed by atoms with van der Waals surface area (Å²) in [5.41, 5.74) is 2.15. The van der Waals surface area contributed by atoms with Crippen LogP contribution in [0, 0.1) is 11.3 Å². The Morgan fingerprint density at radius 3 is 2.59 bits per heavy atom. The van der Waals surface area contributed by atoms with Gasteiger partial charge in [0.15, 0.2) is 11.5 Å². The van der Waals surface area contributed by atoms with E-state index in [1.807, 2.05) is 13.8 Å². The number of sulfonamides is 1. The van der Waals surface area contributed by atoms with Crippen molar-refractivity contribution in [1.82, 2.24) is 4.31 Å². The molecule has 0 bridgehead atoms. The minimum atomic E-state index is -3.54. The monoisotopic (exact) mass is 485 g/mol. The van der Waals surface area contributed by atoms with Crippen molar-refractivity contribution in [3.8, 4) is 17.6 Å². The minimum Gasteiger partial charge on any atom is -0.493 e. The van der Waals surface area contributed by atoms with Crippen molar-refractivity contribution < 1.29 is 22.7 Å². The molecule has 1 aliphatic rings. The maximum absolute atomic E-state index is 12.9. The summed E-state index contributed by atoms with van der Waals surface area (Å²) >= 11 is 0. The first-order valence-corrected chi connectivity index (χ1v) is 12.9. The van der Waals surface area contributed by atoms with Gasteiger partial charge in [-0.15, -0.1) is 0 Å². The number of carbonyl (C=O) groups is 1. The van der Waals surface area contributed by atoms with Gasteiger partial charge in [-0.05, 0) is 55.2 Å². The number of anilines is 1. The summed E-state index contributed by atoms with van der Waals surface area (Å²) < 4.78 is 38.2. The fourth-order valence-electron chi connectivity index (χ4n) is 4.10. The number of nitriles is 1. The average molecular weight is 486 g/mol. The van der Waals surface area contributed by atoms with Crippen molar-refractivity contribution >= 4 is 21.6 Å². The molecule has 0 unspecified atom stereocenters. The van der Waals surface area contributed by atoms with E-state index >= 15 is 0 Å². The van der Waals surface area contributed by atoms with Crippen LogP contribution in [0.15, 0.2) is 41.3 Å². The third kappa shape index (κ3) is 5.51. The third-order valence-corrected chi connectivity index (χ3v) is 7.94. The number of amides is 1. The van der Waals surface area contributed by atoms with Gasteiger partial charge in [0.25, 0.3) is 0 Å². The first-order chi connectivity index (χ1) is 16.3. The molecule has 0 spiro atoms. The summed E-state index contributed by atoms with van der Waals surface area (Å²) in [6.07, 6.45) is 2.34. The number of aryl methyl sites for hydroxylation is 1. The van der Waals surface area contributed by atoms with Gasteiger partial charge >= 0.3 is 0 Å². The largest absolute Gasteiger partial charge is 0.493 e. The fraction of sp³-hybridized carbons (Fsp3) is 0.440. The molecule has 0 fully saturated rings. The predicted molar refractivity (Wildman–Crippen MR) is 130 cm³/mol. The summed E-state index contributed by atoms with van der Waals surface area (Å²) in [5, 5.41) is 9.00. The van der Waals surface area contributed by atoms with Crippen molar-refractivity contribution in [2.24, 2.45) is 0 Å². The molecule has 0 aliphatic carbocycles. The SMILES string of the molecule is CCN(CC)S(=O)(=O)c1ccc2c(c1)CCCN2C(=O)CCCOc1ccc(C#N)cc1OC. The van der Waals surface area contributed by atoms with Crippen LogP contribution in [-0.2, 0) is 21.2 Å². The van der Waals surface area contributed by atoms with Crippen molar-refractivity contribution in [3.05, 3.63) is 47.5 Å². The van der Waals surface area contributed by atoms with Crippen LogP contribution in [0.4, 0.5) is 5.69 Å². The first-order valence-electron chi connectivity index (χ1n) is 11.5.